The fraction of sp³-hybridized carbons (Fsp3) is 0.400. The van der Waals surface area contributed by atoms with Gasteiger partial charge in [0.15, 0.2) is 0 Å². The second-order valence-corrected chi connectivity index (χ2v) is 6.11. The lowest BCUT2D eigenvalue weighted by atomic mass is 10.1. The molecule has 0 unspecified atom stereocenters. The minimum absolute atomic E-state index is 0.697. The van der Waals surface area contributed by atoms with Crippen LogP contribution in [0.2, 0.25) is 0 Å². The van der Waals surface area contributed by atoms with Gasteiger partial charge in [0.1, 0.15) is 0 Å². The van der Waals surface area contributed by atoms with Crippen LogP contribution in [0, 0.1) is 12.3 Å². The number of esters is 1. The molecule has 0 bridgehead atoms. The van der Waals surface area contributed by atoms with Crippen LogP contribution < -0.4 is 0 Å². The summed E-state index contributed by atoms with van der Waals surface area (Å²) in [6.45, 7) is 2.26. The van der Waals surface area contributed by atoms with Crippen LogP contribution in [0.25, 0.3) is 0 Å². The molecule has 0 saturated heterocycles. The molecule has 0 rings (SSSR count). The van der Waals surface area contributed by atoms with Gasteiger partial charge < -0.3 is 4.74 Å². The van der Waals surface area contributed by atoms with E-state index in [-0.39, 0.29) is 0 Å². The molecule has 146 valence electrons. The van der Waals surface area contributed by atoms with E-state index >= 15 is 0 Å². The third-order valence-electron chi connectivity index (χ3n) is 3.73. The number of carbonyl (C=O) groups is 1. The lowest BCUT2D eigenvalue weighted by molar-refractivity contribution is -0.131. The van der Waals surface area contributed by atoms with E-state index < -0.39 is 5.97 Å². The normalized spacial score (nSPS) is 12.4. The minimum atomic E-state index is -0.697. The number of terminal acetylenes is 1. The molecule has 0 aromatic rings. The van der Waals surface area contributed by atoms with E-state index in [0.717, 1.165) is 6.42 Å². The van der Waals surface area contributed by atoms with E-state index in [1.807, 2.05) is 48.5 Å². The van der Waals surface area contributed by atoms with Crippen molar-refractivity contribution < 1.29 is 9.53 Å². The van der Waals surface area contributed by atoms with Crippen molar-refractivity contribution in [1.82, 2.24) is 0 Å². The first-order chi connectivity index (χ1) is 13.3. The largest absolute Gasteiger partial charge is 0.425 e. The second-order valence-electron chi connectivity index (χ2n) is 6.11. The quantitative estimate of drug-likeness (QED) is 0.0779. The van der Waals surface area contributed by atoms with Crippen LogP contribution in [0.1, 0.15) is 64.7 Å². The topological polar surface area (TPSA) is 26.3 Å². The number of hydrogen-bond acceptors (Lipinski definition) is 2. The molecule has 0 atom stereocenters. The van der Waals surface area contributed by atoms with Crippen LogP contribution in [-0.4, -0.2) is 5.97 Å². The standard InChI is InChI=1S/C25H34O2/c1-3-5-6-7-8-9-10-11-12-13-14-15-16-17-18-19-20-21-22-23-24-27-25(26)4-2/h2,13-24H,3,5-12H2,1H3. The molecule has 0 saturated carbocycles. The zero-order valence-electron chi connectivity index (χ0n) is 16.7. The van der Waals surface area contributed by atoms with Crippen LogP contribution in [-0.2, 0) is 9.53 Å². The van der Waals surface area contributed by atoms with Gasteiger partial charge >= 0.3 is 5.97 Å². The maximum atomic E-state index is 10.6. The van der Waals surface area contributed by atoms with Gasteiger partial charge in [-0.3, -0.25) is 0 Å². The molecule has 0 heterocycles. The Balaban J connectivity index is 3.59. The van der Waals surface area contributed by atoms with Crippen molar-refractivity contribution in [3.63, 3.8) is 0 Å². The number of carbonyl (C=O) groups excluding carboxylic acids is 1. The molecule has 0 aromatic heterocycles. The summed E-state index contributed by atoms with van der Waals surface area (Å²) in [5.74, 6) is 1.16. The Kier molecular flexibility index (Phi) is 19.5. The highest BCUT2D eigenvalue weighted by molar-refractivity contribution is 5.88. The molecule has 0 aliphatic carbocycles. The van der Waals surface area contributed by atoms with E-state index in [1.54, 1.807) is 12.2 Å². The lowest BCUT2D eigenvalue weighted by Gasteiger charge is -1.99. The number of unbranched alkanes of at least 4 members (excludes halogenated alkanes) is 8. The summed E-state index contributed by atoms with van der Waals surface area (Å²) in [4.78, 5) is 10.6. The van der Waals surface area contributed by atoms with E-state index in [2.05, 4.69) is 23.8 Å². The fourth-order valence-corrected chi connectivity index (χ4v) is 2.26. The van der Waals surface area contributed by atoms with Gasteiger partial charge in [0.05, 0.1) is 6.26 Å². The van der Waals surface area contributed by atoms with Crippen molar-refractivity contribution >= 4 is 5.97 Å². The van der Waals surface area contributed by atoms with Gasteiger partial charge in [-0.2, -0.15) is 0 Å². The third kappa shape index (κ3) is 21.4. The van der Waals surface area contributed by atoms with Gasteiger partial charge in [0, 0.05) is 5.92 Å². The summed E-state index contributed by atoms with van der Waals surface area (Å²) in [6, 6.07) is 0. The van der Waals surface area contributed by atoms with Gasteiger partial charge in [-0.1, -0.05) is 113 Å². The second kappa shape index (κ2) is 21.5. The van der Waals surface area contributed by atoms with E-state index in [0.29, 0.717) is 0 Å². The first-order valence-electron chi connectivity index (χ1n) is 9.96. The monoisotopic (exact) mass is 366 g/mol. The highest BCUT2D eigenvalue weighted by Crippen LogP contribution is 2.09. The van der Waals surface area contributed by atoms with Gasteiger partial charge in [0.25, 0.3) is 0 Å². The predicted octanol–water partition coefficient (Wildman–Crippen LogP) is 6.99. The molecule has 0 aromatic carbocycles. The van der Waals surface area contributed by atoms with Crippen molar-refractivity contribution in [2.45, 2.75) is 64.7 Å². The number of hydrogen-bond donors (Lipinski definition) is 0. The van der Waals surface area contributed by atoms with Gasteiger partial charge in [0.2, 0.25) is 0 Å². The number of allylic oxidation sites excluding steroid dienone is 11. The SMILES string of the molecule is C#CC(=O)OC=CC=CC=CC=CC=CC=CCCCCCCCCCC. The molecule has 27 heavy (non-hydrogen) atoms. The molecule has 0 amide bonds. The van der Waals surface area contributed by atoms with Crippen LogP contribution in [0.15, 0.2) is 73.1 Å². The van der Waals surface area contributed by atoms with Crippen molar-refractivity contribution in [3.8, 4) is 12.3 Å². The molecule has 0 N–H and O–H groups in total. The minimum Gasteiger partial charge on any atom is -0.425 e. The molecule has 0 aliphatic rings. The Hall–Kier alpha value is -2.53. The van der Waals surface area contributed by atoms with Gasteiger partial charge in [-0.15, -0.1) is 6.42 Å². The average molecular weight is 367 g/mol. The smallest absolute Gasteiger partial charge is 0.388 e. The maximum absolute atomic E-state index is 10.6. The molecule has 2 heteroatoms. The summed E-state index contributed by atoms with van der Waals surface area (Å²) in [5, 5.41) is 0. The fourth-order valence-electron chi connectivity index (χ4n) is 2.26. The predicted molar refractivity (Wildman–Crippen MR) is 117 cm³/mol. The Morgan fingerprint density at radius 1 is 0.741 bits per heavy atom. The Bertz CT molecular complexity index is 566. The maximum Gasteiger partial charge on any atom is 0.388 e. The van der Waals surface area contributed by atoms with E-state index in [1.165, 1.54) is 57.6 Å². The molecule has 2 nitrogen and oxygen atoms in total. The molecular weight excluding hydrogens is 332 g/mol. The van der Waals surface area contributed by atoms with Crippen LogP contribution in [0.3, 0.4) is 0 Å². The van der Waals surface area contributed by atoms with Crippen LogP contribution >= 0.6 is 0 Å². The molecule has 0 radical (unpaired) electrons. The van der Waals surface area contributed by atoms with Crippen molar-refractivity contribution in [2.24, 2.45) is 0 Å². The van der Waals surface area contributed by atoms with Gasteiger partial charge in [-0.25, -0.2) is 4.79 Å². The zero-order chi connectivity index (χ0) is 19.8. The Morgan fingerprint density at radius 2 is 1.22 bits per heavy atom. The third-order valence-corrected chi connectivity index (χ3v) is 3.73. The highest BCUT2D eigenvalue weighted by Gasteiger charge is 1.90. The van der Waals surface area contributed by atoms with Gasteiger partial charge in [-0.05, 0) is 18.9 Å². The molecule has 0 spiro atoms. The summed E-state index contributed by atoms with van der Waals surface area (Å²) in [6.07, 6.45) is 39.5. The summed E-state index contributed by atoms with van der Waals surface area (Å²) in [5.41, 5.74) is 0. The lowest BCUT2D eigenvalue weighted by Crippen LogP contribution is -1.92. The van der Waals surface area contributed by atoms with Crippen molar-refractivity contribution in [1.29, 1.82) is 0 Å². The Labute approximate surface area is 166 Å². The first-order valence-corrected chi connectivity index (χ1v) is 9.96. The number of rotatable bonds is 15. The average Bonchev–Trinajstić information content (AvgIpc) is 2.68. The number of ether oxygens (including phenoxy) is 1. The Morgan fingerprint density at radius 3 is 1.78 bits per heavy atom. The first kappa shape index (κ1) is 24.5. The van der Waals surface area contributed by atoms with Crippen LogP contribution in [0.4, 0.5) is 0 Å². The summed E-state index contributed by atoms with van der Waals surface area (Å²) in [7, 11) is 0. The molecular formula is C25H34O2. The van der Waals surface area contributed by atoms with E-state index in [4.69, 9.17) is 6.42 Å². The summed E-state index contributed by atoms with van der Waals surface area (Å²) >= 11 is 0. The van der Waals surface area contributed by atoms with E-state index in [9.17, 15) is 4.79 Å². The van der Waals surface area contributed by atoms with Crippen LogP contribution in [0.5, 0.6) is 0 Å². The van der Waals surface area contributed by atoms with Crippen molar-refractivity contribution in [2.75, 3.05) is 0 Å². The highest BCUT2D eigenvalue weighted by atomic mass is 16.5. The summed E-state index contributed by atoms with van der Waals surface area (Å²) < 4.78 is 4.57. The molecule has 0 fully saturated rings. The zero-order valence-corrected chi connectivity index (χ0v) is 16.7. The molecule has 0 aliphatic heterocycles. The van der Waals surface area contributed by atoms with Crippen molar-refractivity contribution in [3.05, 3.63) is 73.1 Å².